The fourth-order valence-corrected chi connectivity index (χ4v) is 3.41. The van der Waals surface area contributed by atoms with E-state index in [0.29, 0.717) is 17.7 Å². The van der Waals surface area contributed by atoms with Crippen molar-refractivity contribution in [3.63, 3.8) is 0 Å². The van der Waals surface area contributed by atoms with E-state index in [-0.39, 0.29) is 11.2 Å². The summed E-state index contributed by atoms with van der Waals surface area (Å²) in [5, 5.41) is 0. The van der Waals surface area contributed by atoms with Gasteiger partial charge >= 0.3 is 5.69 Å². The fraction of sp³-hybridized carbons (Fsp3) is 0.688. The Morgan fingerprint density at radius 2 is 1.74 bits per heavy atom. The number of aryl methyl sites for hydroxylation is 2. The number of hydrogen-bond acceptors (Lipinski definition) is 4. The normalized spacial score (nSPS) is 16.8. The largest absolute Gasteiger partial charge is 0.332 e. The van der Waals surface area contributed by atoms with Crippen molar-refractivity contribution in [2.24, 2.45) is 14.1 Å². The molecular weight excluding hydrogens is 294 g/mol. The van der Waals surface area contributed by atoms with Crippen LogP contribution >= 0.6 is 0 Å². The van der Waals surface area contributed by atoms with Crippen LogP contribution in [0.25, 0.3) is 11.2 Å². The average molecular weight is 319 g/mol. The molecule has 0 aliphatic carbocycles. The zero-order valence-electron chi connectivity index (χ0n) is 14.0. The Bertz CT molecular complexity index is 793. The topological polar surface area (TPSA) is 65.1 Å². The van der Waals surface area contributed by atoms with E-state index in [2.05, 4.69) is 9.88 Å². The molecule has 3 rings (SSSR count). The molecule has 0 atom stereocenters. The summed E-state index contributed by atoms with van der Waals surface area (Å²) in [7, 11) is 3.45. The van der Waals surface area contributed by atoms with Gasteiger partial charge in [0.1, 0.15) is 0 Å². The zero-order valence-corrected chi connectivity index (χ0v) is 14.0. The maximum Gasteiger partial charge on any atom is 0.332 e. The molecule has 1 saturated heterocycles. The Kier molecular flexibility index (Phi) is 4.66. The monoisotopic (exact) mass is 319 g/mol. The van der Waals surface area contributed by atoms with Crippen molar-refractivity contribution in [3.05, 3.63) is 27.2 Å². The summed E-state index contributed by atoms with van der Waals surface area (Å²) in [6.07, 6.45) is 7.53. The van der Waals surface area contributed by atoms with Gasteiger partial charge in [-0.05, 0) is 38.9 Å². The maximum absolute atomic E-state index is 12.6. The summed E-state index contributed by atoms with van der Waals surface area (Å²) < 4.78 is 4.49. The number of aromatic nitrogens is 4. The van der Waals surface area contributed by atoms with Gasteiger partial charge < -0.3 is 9.47 Å². The highest BCUT2D eigenvalue weighted by Crippen LogP contribution is 2.10. The van der Waals surface area contributed by atoms with Crippen molar-refractivity contribution in [1.29, 1.82) is 0 Å². The van der Waals surface area contributed by atoms with Crippen LogP contribution in [0.4, 0.5) is 0 Å². The summed E-state index contributed by atoms with van der Waals surface area (Å²) in [6.45, 7) is 3.67. The molecule has 0 unspecified atom stereocenters. The number of imidazole rings is 1. The molecule has 0 saturated carbocycles. The van der Waals surface area contributed by atoms with E-state index in [0.717, 1.165) is 26.1 Å². The Balaban J connectivity index is 1.79. The average Bonchev–Trinajstić information content (AvgIpc) is 2.75. The second kappa shape index (κ2) is 6.70. The lowest BCUT2D eigenvalue weighted by atomic mass is 10.2. The fourth-order valence-electron chi connectivity index (χ4n) is 3.41. The van der Waals surface area contributed by atoms with E-state index in [1.807, 2.05) is 0 Å². The van der Waals surface area contributed by atoms with E-state index in [1.54, 1.807) is 25.0 Å². The van der Waals surface area contributed by atoms with Crippen LogP contribution in [-0.2, 0) is 20.6 Å². The minimum absolute atomic E-state index is 0.237. The Morgan fingerprint density at radius 1 is 1.04 bits per heavy atom. The summed E-state index contributed by atoms with van der Waals surface area (Å²) in [6, 6.07) is 0. The molecule has 0 radical (unpaired) electrons. The van der Waals surface area contributed by atoms with Crippen molar-refractivity contribution >= 4 is 11.2 Å². The SMILES string of the molecule is Cn1cnc2c1c(=O)n(CCCN1CCCCCC1)c(=O)n2C. The lowest BCUT2D eigenvalue weighted by Gasteiger charge is -2.19. The van der Waals surface area contributed by atoms with Crippen LogP contribution in [-0.4, -0.2) is 43.2 Å². The predicted molar refractivity (Wildman–Crippen MR) is 89.7 cm³/mol. The summed E-state index contributed by atoms with van der Waals surface area (Å²) in [4.78, 5) is 31.6. The van der Waals surface area contributed by atoms with Crippen LogP contribution in [0.1, 0.15) is 32.1 Å². The molecular formula is C16H25N5O2. The second-order valence-corrected chi connectivity index (χ2v) is 6.44. The first-order chi connectivity index (χ1) is 11.1. The Labute approximate surface area is 135 Å². The van der Waals surface area contributed by atoms with E-state index >= 15 is 0 Å². The van der Waals surface area contributed by atoms with Gasteiger partial charge in [0.2, 0.25) is 0 Å². The molecule has 3 heterocycles. The van der Waals surface area contributed by atoms with Gasteiger partial charge in [0.25, 0.3) is 5.56 Å². The van der Waals surface area contributed by atoms with E-state index in [4.69, 9.17) is 0 Å². The first-order valence-electron chi connectivity index (χ1n) is 8.43. The third-order valence-corrected chi connectivity index (χ3v) is 4.76. The van der Waals surface area contributed by atoms with Crippen LogP contribution < -0.4 is 11.2 Å². The summed E-state index contributed by atoms with van der Waals surface area (Å²) >= 11 is 0. The number of rotatable bonds is 4. The minimum Gasteiger partial charge on any atom is -0.328 e. The van der Waals surface area contributed by atoms with Gasteiger partial charge in [-0.2, -0.15) is 0 Å². The van der Waals surface area contributed by atoms with Gasteiger partial charge in [-0.25, -0.2) is 9.78 Å². The van der Waals surface area contributed by atoms with E-state index in [9.17, 15) is 9.59 Å². The molecule has 1 fully saturated rings. The number of nitrogens with zero attached hydrogens (tertiary/aromatic N) is 5. The van der Waals surface area contributed by atoms with E-state index < -0.39 is 0 Å². The van der Waals surface area contributed by atoms with Gasteiger partial charge in [0.05, 0.1) is 6.33 Å². The third kappa shape index (κ3) is 3.10. The van der Waals surface area contributed by atoms with Crippen LogP contribution in [0, 0.1) is 0 Å². The molecule has 0 N–H and O–H groups in total. The van der Waals surface area contributed by atoms with E-state index in [1.165, 1.54) is 34.8 Å². The van der Waals surface area contributed by atoms with Crippen LogP contribution in [0.2, 0.25) is 0 Å². The van der Waals surface area contributed by atoms with Crippen molar-refractivity contribution in [3.8, 4) is 0 Å². The highest BCUT2D eigenvalue weighted by atomic mass is 16.2. The molecule has 7 heteroatoms. The molecule has 1 aliphatic heterocycles. The number of likely N-dealkylation sites (tertiary alicyclic amines) is 1. The van der Waals surface area contributed by atoms with Gasteiger partial charge in [0.15, 0.2) is 11.2 Å². The maximum atomic E-state index is 12.6. The van der Waals surface area contributed by atoms with Gasteiger partial charge in [0, 0.05) is 20.6 Å². The third-order valence-electron chi connectivity index (χ3n) is 4.76. The molecule has 2 aromatic heterocycles. The molecule has 0 spiro atoms. The molecule has 0 aromatic carbocycles. The van der Waals surface area contributed by atoms with Crippen molar-refractivity contribution in [2.75, 3.05) is 19.6 Å². The van der Waals surface area contributed by atoms with Crippen molar-refractivity contribution < 1.29 is 0 Å². The highest BCUT2D eigenvalue weighted by molar-refractivity contribution is 5.69. The van der Waals surface area contributed by atoms with Crippen LogP contribution in [0.15, 0.2) is 15.9 Å². The van der Waals surface area contributed by atoms with Gasteiger partial charge in [-0.3, -0.25) is 13.9 Å². The van der Waals surface area contributed by atoms with Crippen LogP contribution in [0.3, 0.4) is 0 Å². The van der Waals surface area contributed by atoms with Crippen LogP contribution in [0.5, 0.6) is 0 Å². The quantitative estimate of drug-likeness (QED) is 0.832. The smallest absolute Gasteiger partial charge is 0.328 e. The summed E-state index contributed by atoms with van der Waals surface area (Å²) in [5.41, 5.74) is 0.421. The predicted octanol–water partition coefficient (Wildman–Crippen LogP) is 0.700. The first kappa shape index (κ1) is 16.0. The first-order valence-corrected chi connectivity index (χ1v) is 8.43. The molecule has 2 aromatic rings. The molecule has 1 aliphatic rings. The Morgan fingerprint density at radius 3 is 2.43 bits per heavy atom. The van der Waals surface area contributed by atoms with Gasteiger partial charge in [-0.1, -0.05) is 12.8 Å². The minimum atomic E-state index is -0.280. The molecule has 0 amide bonds. The molecule has 126 valence electrons. The molecule has 7 nitrogen and oxygen atoms in total. The number of hydrogen-bond donors (Lipinski definition) is 0. The lowest BCUT2D eigenvalue weighted by Crippen LogP contribution is -2.40. The molecule has 0 bridgehead atoms. The highest BCUT2D eigenvalue weighted by Gasteiger charge is 2.15. The zero-order chi connectivity index (χ0) is 16.4. The van der Waals surface area contributed by atoms with Gasteiger partial charge in [-0.15, -0.1) is 0 Å². The molecule has 23 heavy (non-hydrogen) atoms. The second-order valence-electron chi connectivity index (χ2n) is 6.44. The lowest BCUT2D eigenvalue weighted by molar-refractivity contribution is 0.274. The van der Waals surface area contributed by atoms with Crippen molar-refractivity contribution in [1.82, 2.24) is 23.6 Å². The van der Waals surface area contributed by atoms with Crippen molar-refractivity contribution in [2.45, 2.75) is 38.6 Å². The number of fused-ring (bicyclic) bond motifs is 1. The standard InChI is InChI=1S/C16H25N5O2/c1-18-12-17-14-13(18)15(22)21(16(23)19(14)2)11-7-10-20-8-5-3-4-6-9-20/h12H,3-11H2,1-2H3. The summed E-state index contributed by atoms with van der Waals surface area (Å²) in [5.74, 6) is 0. The Hall–Kier alpha value is -1.89.